The average Bonchev–Trinajstić information content (AvgIpc) is 3.88. The van der Waals surface area contributed by atoms with E-state index in [1.807, 2.05) is 30.3 Å². The molecule has 0 saturated carbocycles. The molecule has 7 rings (SSSR count). The number of hydrogen-bond acceptors (Lipinski definition) is 1. The van der Waals surface area contributed by atoms with Gasteiger partial charge in [-0.25, -0.2) is 12.1 Å². The molecular weight excluding hydrogens is 648 g/mol. The molecule has 7 aromatic rings. The summed E-state index contributed by atoms with van der Waals surface area (Å²) in [7, 11) is 1.54. The van der Waals surface area contributed by atoms with E-state index in [1.165, 1.54) is 37.4 Å². The summed E-state index contributed by atoms with van der Waals surface area (Å²) in [4.78, 5) is 2.48. The van der Waals surface area contributed by atoms with E-state index in [0.717, 1.165) is 0 Å². The van der Waals surface area contributed by atoms with E-state index < -0.39 is 15.2 Å². The van der Waals surface area contributed by atoms with Crippen molar-refractivity contribution in [3.63, 3.8) is 0 Å². The zero-order valence-corrected chi connectivity index (χ0v) is 29.7. The molecule has 0 aliphatic carbocycles. The van der Waals surface area contributed by atoms with Crippen molar-refractivity contribution in [2.24, 2.45) is 0 Å². The fraction of sp³-hybridized carbons (Fsp3) is 0.0698. The summed E-state index contributed by atoms with van der Waals surface area (Å²) in [5.74, 6) is 0.128. The first-order chi connectivity index (χ1) is 22.7. The van der Waals surface area contributed by atoms with Crippen LogP contribution >= 0.6 is 15.2 Å². The number of hydrogen-bond donors (Lipinski definition) is 0. The Hall–Kier alpha value is -3.86. The van der Waals surface area contributed by atoms with Crippen molar-refractivity contribution in [1.29, 1.82) is 0 Å². The Morgan fingerprint density at radius 2 is 0.894 bits per heavy atom. The Balaban J connectivity index is 0.000000662. The predicted molar refractivity (Wildman–Crippen MR) is 204 cm³/mol. The summed E-state index contributed by atoms with van der Waals surface area (Å²) < 4.78 is 0. The molecule has 0 radical (unpaired) electrons. The molecule has 0 amide bonds. The van der Waals surface area contributed by atoms with Gasteiger partial charge in [0.2, 0.25) is 0 Å². The van der Waals surface area contributed by atoms with Crippen molar-refractivity contribution in [1.82, 2.24) is 4.90 Å². The third-order valence-electron chi connectivity index (χ3n) is 8.28. The summed E-state index contributed by atoms with van der Waals surface area (Å²) in [6.07, 6.45) is 0. The van der Waals surface area contributed by atoms with Gasteiger partial charge in [-0.2, -0.15) is 0 Å². The maximum absolute atomic E-state index is 2.48. The second-order valence-corrected chi connectivity index (χ2v) is 17.1. The van der Waals surface area contributed by atoms with Crippen LogP contribution in [0.3, 0.4) is 0 Å². The largest absolute Gasteiger partial charge is 0.748 e. The molecule has 0 fully saturated rings. The molecule has 0 N–H and O–H groups in total. The van der Waals surface area contributed by atoms with Crippen LogP contribution in [0.15, 0.2) is 200 Å². The molecule has 0 aromatic heterocycles. The van der Waals surface area contributed by atoms with Crippen molar-refractivity contribution in [2.75, 3.05) is 14.1 Å². The second-order valence-electron chi connectivity index (χ2n) is 11.4. The summed E-state index contributed by atoms with van der Waals surface area (Å²) in [5, 5.41) is 8.36. The van der Waals surface area contributed by atoms with Crippen LogP contribution in [0, 0.1) is 0 Å². The first-order valence-corrected chi connectivity index (χ1v) is 19.0. The first-order valence-electron chi connectivity index (χ1n) is 15.8. The zero-order chi connectivity index (χ0) is 31.6. The number of benzene rings is 5. The van der Waals surface area contributed by atoms with Crippen LogP contribution in [-0.4, -0.2) is 19.0 Å². The molecule has 0 unspecified atom stereocenters. The molecule has 0 heterocycles. The summed E-state index contributed by atoms with van der Waals surface area (Å²) in [6, 6.07) is 73.0. The second kappa shape index (κ2) is 16.8. The smallest absolute Gasteiger partial charge is 0.152 e. The van der Waals surface area contributed by atoms with E-state index in [4.69, 9.17) is 0 Å². The Labute approximate surface area is 293 Å². The van der Waals surface area contributed by atoms with Crippen LogP contribution in [0.4, 0.5) is 0 Å². The third kappa shape index (κ3) is 7.50. The molecule has 0 aliphatic heterocycles. The zero-order valence-electron chi connectivity index (χ0n) is 26.8. The fourth-order valence-electron chi connectivity index (χ4n) is 6.44. The molecule has 1 nitrogen and oxygen atoms in total. The Morgan fingerprint density at radius 3 is 1.32 bits per heavy atom. The summed E-state index contributed by atoms with van der Waals surface area (Å²) >= 11 is 0. The number of rotatable bonds is 9. The standard InChI is InChI=1S/C38H35NP2.C5H5.Fe/c1-39(2)38(41(35-27-15-16-28-35,33-23-11-5-12-24-33)34-25-13-6-14-26-34)36-29-17-18-30-37(36)40(31-19-7-3-8-20-31)32-21-9-4-10-22-32;1-2-4-5-3-1;/h3-30,38H,1-2H3;1-5H;/q;-5;/t38-;;/m0../s1. The van der Waals surface area contributed by atoms with Crippen molar-refractivity contribution in [3.05, 3.63) is 206 Å². The first kappa shape index (κ1) is 34.5. The van der Waals surface area contributed by atoms with Crippen molar-refractivity contribution in [2.45, 2.75) is 5.78 Å². The van der Waals surface area contributed by atoms with Crippen LogP contribution in [0.1, 0.15) is 11.3 Å². The molecule has 0 aliphatic rings. The molecule has 240 valence electrons. The minimum atomic E-state index is -2.21. The molecule has 7 aromatic carbocycles. The van der Waals surface area contributed by atoms with E-state index in [-0.39, 0.29) is 22.9 Å². The predicted octanol–water partition coefficient (Wildman–Crippen LogP) is 8.12. The van der Waals surface area contributed by atoms with Crippen molar-refractivity contribution in [3.8, 4) is 0 Å². The Kier molecular flexibility index (Phi) is 12.3. The van der Waals surface area contributed by atoms with E-state index in [1.54, 1.807) is 0 Å². The van der Waals surface area contributed by atoms with Gasteiger partial charge in [-0.1, -0.05) is 121 Å². The molecule has 0 bridgehead atoms. The van der Waals surface area contributed by atoms with Gasteiger partial charge in [0.25, 0.3) is 0 Å². The maximum atomic E-state index is 2.48. The Morgan fingerprint density at radius 1 is 0.511 bits per heavy atom. The van der Waals surface area contributed by atoms with Crippen LogP contribution < -0.4 is 31.8 Å². The van der Waals surface area contributed by atoms with E-state index in [2.05, 4.69) is 189 Å². The normalized spacial score (nSPS) is 11.7. The Bertz CT molecular complexity index is 1760. The van der Waals surface area contributed by atoms with Gasteiger partial charge in [-0.05, 0) is 62.2 Å². The van der Waals surface area contributed by atoms with Gasteiger partial charge in [-0.3, -0.25) is 4.90 Å². The van der Waals surface area contributed by atoms with Gasteiger partial charge in [0.1, 0.15) is 0 Å². The minimum Gasteiger partial charge on any atom is -0.748 e. The molecule has 4 heteroatoms. The van der Waals surface area contributed by atoms with Gasteiger partial charge in [0, 0.05) is 27.9 Å². The van der Waals surface area contributed by atoms with Gasteiger partial charge in [-0.15, -0.1) is 12.1 Å². The third-order valence-corrected chi connectivity index (χ3v) is 15.6. The molecule has 47 heavy (non-hydrogen) atoms. The van der Waals surface area contributed by atoms with Gasteiger partial charge in [0.15, 0.2) is 5.78 Å². The van der Waals surface area contributed by atoms with Crippen molar-refractivity contribution >= 4 is 47.0 Å². The fourth-order valence-corrected chi connectivity index (χ4v) is 14.0. The quantitative estimate of drug-likeness (QED) is 0.0842. The summed E-state index contributed by atoms with van der Waals surface area (Å²) in [6.45, 7) is 0. The van der Waals surface area contributed by atoms with Crippen LogP contribution in [-0.2, 0) is 17.1 Å². The minimum absolute atomic E-state index is 0. The topological polar surface area (TPSA) is 3.24 Å². The van der Waals surface area contributed by atoms with E-state index in [0.29, 0.717) is 0 Å². The number of nitrogens with zero attached hydrogens (tertiary/aromatic N) is 1. The van der Waals surface area contributed by atoms with Crippen LogP contribution in [0.25, 0.3) is 0 Å². The van der Waals surface area contributed by atoms with E-state index in [9.17, 15) is 0 Å². The van der Waals surface area contributed by atoms with Gasteiger partial charge >= 0.3 is 0 Å². The molecular formula is C43H40FeNP2-5. The monoisotopic (exact) mass is 688 g/mol. The maximum Gasteiger partial charge on any atom is 0.152 e. The SMILES string of the molecule is CN(C)[C@H](c1ccccc1P(c1ccccc1)c1ccccc1)[P+](c1ccccc1)(c1ccccc1)[c-]1cccc1.[Fe].[cH-]1[cH-][cH-][cH-][cH-]1. The van der Waals surface area contributed by atoms with E-state index >= 15 is 0 Å². The van der Waals surface area contributed by atoms with Crippen LogP contribution in [0.5, 0.6) is 0 Å². The van der Waals surface area contributed by atoms with Crippen molar-refractivity contribution < 1.29 is 17.1 Å². The van der Waals surface area contributed by atoms with Gasteiger partial charge < -0.3 is 30.3 Å². The van der Waals surface area contributed by atoms with Crippen LogP contribution in [0.2, 0.25) is 0 Å². The van der Waals surface area contributed by atoms with Gasteiger partial charge in [0.05, 0.1) is 17.9 Å². The molecule has 0 saturated heterocycles. The summed E-state index contributed by atoms with van der Waals surface area (Å²) in [5.41, 5.74) is 1.40. The average molecular weight is 689 g/mol. The molecule has 0 spiro atoms. The molecule has 1 atom stereocenters.